The Labute approximate surface area is 167 Å². The zero-order valence-corrected chi connectivity index (χ0v) is 15.8. The van der Waals surface area contributed by atoms with Crippen LogP contribution in [0.25, 0.3) is 17.0 Å². The first-order valence-corrected chi connectivity index (χ1v) is 9.07. The van der Waals surface area contributed by atoms with E-state index in [1.807, 2.05) is 30.3 Å². The highest BCUT2D eigenvalue weighted by atomic mass is 16.4. The van der Waals surface area contributed by atoms with Crippen LogP contribution >= 0.6 is 0 Å². The fourth-order valence-electron chi connectivity index (χ4n) is 3.02. The van der Waals surface area contributed by atoms with Gasteiger partial charge in [0.05, 0.1) is 0 Å². The quantitative estimate of drug-likeness (QED) is 0.464. The number of aliphatic carboxylic acids is 1. The van der Waals surface area contributed by atoms with Crippen molar-refractivity contribution in [2.24, 2.45) is 0 Å². The minimum atomic E-state index is -1.16. The standard InChI is InChI=1S/C22H21N3O4/c1-14(26)24-19(11-15-7-3-2-4-8-15)21(27)25-20(22(28)29)12-16-13-23-18-10-6-5-9-17(16)18/h2-11,13,20,23H,12H2,1H3,(H,24,26)(H,25,27)(H,28,29)/t20-/m1/s1. The highest BCUT2D eigenvalue weighted by Gasteiger charge is 2.24. The molecule has 1 atom stereocenters. The molecule has 148 valence electrons. The monoisotopic (exact) mass is 391 g/mol. The van der Waals surface area contributed by atoms with E-state index in [2.05, 4.69) is 15.6 Å². The Morgan fingerprint density at radius 2 is 1.76 bits per heavy atom. The number of benzene rings is 2. The van der Waals surface area contributed by atoms with Crippen molar-refractivity contribution in [3.63, 3.8) is 0 Å². The molecular weight excluding hydrogens is 370 g/mol. The third-order valence-corrected chi connectivity index (χ3v) is 4.37. The number of aromatic amines is 1. The second-order valence-corrected chi connectivity index (χ2v) is 6.58. The largest absolute Gasteiger partial charge is 0.480 e. The number of fused-ring (bicyclic) bond motifs is 1. The Balaban J connectivity index is 1.82. The van der Waals surface area contributed by atoms with Gasteiger partial charge in [-0.15, -0.1) is 0 Å². The van der Waals surface area contributed by atoms with Crippen LogP contribution in [0.4, 0.5) is 0 Å². The summed E-state index contributed by atoms with van der Waals surface area (Å²) in [6, 6.07) is 15.3. The number of carboxylic acids is 1. The van der Waals surface area contributed by atoms with Crippen molar-refractivity contribution in [3.05, 3.63) is 77.6 Å². The summed E-state index contributed by atoms with van der Waals surface area (Å²) in [5, 5.41) is 15.5. The van der Waals surface area contributed by atoms with Crippen LogP contribution in [0.3, 0.4) is 0 Å². The molecule has 2 amide bonds. The number of rotatable bonds is 7. The number of hydrogen-bond donors (Lipinski definition) is 4. The van der Waals surface area contributed by atoms with Crippen LogP contribution < -0.4 is 10.6 Å². The number of nitrogens with one attached hydrogen (secondary N) is 3. The molecule has 0 unspecified atom stereocenters. The van der Waals surface area contributed by atoms with Gasteiger partial charge < -0.3 is 20.7 Å². The van der Waals surface area contributed by atoms with E-state index in [9.17, 15) is 19.5 Å². The SMILES string of the molecule is CC(=O)NC(=Cc1ccccc1)C(=O)N[C@H](Cc1c[nH]c2ccccc12)C(=O)O. The molecule has 29 heavy (non-hydrogen) atoms. The fraction of sp³-hybridized carbons (Fsp3) is 0.136. The van der Waals surface area contributed by atoms with Gasteiger partial charge in [-0.3, -0.25) is 9.59 Å². The van der Waals surface area contributed by atoms with Crippen LogP contribution in [0, 0.1) is 0 Å². The number of para-hydroxylation sites is 1. The maximum absolute atomic E-state index is 12.7. The van der Waals surface area contributed by atoms with E-state index in [-0.39, 0.29) is 12.1 Å². The molecule has 0 aliphatic heterocycles. The summed E-state index contributed by atoms with van der Waals surface area (Å²) in [4.78, 5) is 39.1. The van der Waals surface area contributed by atoms with Gasteiger partial charge in [-0.2, -0.15) is 0 Å². The van der Waals surface area contributed by atoms with Crippen molar-refractivity contribution in [1.29, 1.82) is 0 Å². The Morgan fingerprint density at radius 1 is 1.07 bits per heavy atom. The lowest BCUT2D eigenvalue weighted by Gasteiger charge is -2.16. The van der Waals surface area contributed by atoms with E-state index in [0.717, 1.165) is 16.5 Å². The van der Waals surface area contributed by atoms with Crippen LogP contribution in [0.1, 0.15) is 18.1 Å². The molecule has 4 N–H and O–H groups in total. The van der Waals surface area contributed by atoms with Crippen molar-refractivity contribution < 1.29 is 19.5 Å². The van der Waals surface area contributed by atoms with Crippen molar-refractivity contribution in [2.45, 2.75) is 19.4 Å². The molecule has 0 bridgehead atoms. The molecule has 0 spiro atoms. The molecule has 0 saturated heterocycles. The van der Waals surface area contributed by atoms with Gasteiger partial charge in [-0.05, 0) is 23.3 Å². The number of carboxylic acid groups (broad SMARTS) is 1. The first-order chi connectivity index (χ1) is 13.9. The summed E-state index contributed by atoms with van der Waals surface area (Å²) in [5.74, 6) is -2.26. The number of hydrogen-bond acceptors (Lipinski definition) is 3. The molecule has 2 aromatic carbocycles. The summed E-state index contributed by atoms with van der Waals surface area (Å²) in [6.07, 6.45) is 3.34. The molecule has 0 fully saturated rings. The molecular formula is C22H21N3O4. The molecule has 7 heteroatoms. The zero-order valence-electron chi connectivity index (χ0n) is 15.8. The molecule has 0 aliphatic carbocycles. The third-order valence-electron chi connectivity index (χ3n) is 4.37. The van der Waals surface area contributed by atoms with E-state index >= 15 is 0 Å². The number of amides is 2. The molecule has 0 radical (unpaired) electrons. The highest BCUT2D eigenvalue weighted by molar-refractivity contribution is 6.02. The Bertz CT molecular complexity index is 1070. The first kappa shape index (κ1) is 19.9. The minimum Gasteiger partial charge on any atom is -0.480 e. The molecule has 1 aromatic heterocycles. The van der Waals surface area contributed by atoms with Gasteiger partial charge in [0.15, 0.2) is 0 Å². The maximum atomic E-state index is 12.7. The maximum Gasteiger partial charge on any atom is 0.326 e. The summed E-state index contributed by atoms with van der Waals surface area (Å²) >= 11 is 0. The summed E-state index contributed by atoms with van der Waals surface area (Å²) in [7, 11) is 0. The smallest absolute Gasteiger partial charge is 0.326 e. The molecule has 7 nitrogen and oxygen atoms in total. The molecule has 1 heterocycles. The van der Waals surface area contributed by atoms with E-state index < -0.39 is 23.8 Å². The lowest BCUT2D eigenvalue weighted by molar-refractivity contribution is -0.141. The highest BCUT2D eigenvalue weighted by Crippen LogP contribution is 2.19. The van der Waals surface area contributed by atoms with Crippen LogP contribution in [-0.2, 0) is 20.8 Å². The van der Waals surface area contributed by atoms with E-state index in [1.54, 1.807) is 30.5 Å². The van der Waals surface area contributed by atoms with Gasteiger partial charge in [0.25, 0.3) is 5.91 Å². The summed E-state index contributed by atoms with van der Waals surface area (Å²) < 4.78 is 0. The van der Waals surface area contributed by atoms with Gasteiger partial charge >= 0.3 is 5.97 Å². The minimum absolute atomic E-state index is 0.0196. The van der Waals surface area contributed by atoms with Crippen molar-refractivity contribution in [2.75, 3.05) is 0 Å². The van der Waals surface area contributed by atoms with Crippen LogP contribution in [0.2, 0.25) is 0 Å². The molecule has 0 aliphatic rings. The van der Waals surface area contributed by atoms with Crippen LogP contribution in [-0.4, -0.2) is 33.9 Å². The zero-order chi connectivity index (χ0) is 20.8. The fourth-order valence-corrected chi connectivity index (χ4v) is 3.02. The normalized spacial score (nSPS) is 12.4. The predicted molar refractivity (Wildman–Crippen MR) is 110 cm³/mol. The summed E-state index contributed by atoms with van der Waals surface area (Å²) in [6.45, 7) is 1.28. The topological polar surface area (TPSA) is 111 Å². The Hall–Kier alpha value is -3.87. The van der Waals surface area contributed by atoms with Crippen LogP contribution in [0.5, 0.6) is 0 Å². The lowest BCUT2D eigenvalue weighted by atomic mass is 10.0. The average molecular weight is 391 g/mol. The van der Waals surface area contributed by atoms with Gasteiger partial charge in [0, 0.05) is 30.4 Å². The summed E-state index contributed by atoms with van der Waals surface area (Å²) in [5.41, 5.74) is 2.35. The number of H-pyrrole nitrogens is 1. The molecule has 3 rings (SSSR count). The number of carbonyl (C=O) groups excluding carboxylic acids is 2. The molecule has 3 aromatic rings. The van der Waals surface area contributed by atoms with Gasteiger partial charge in [-0.1, -0.05) is 48.5 Å². The average Bonchev–Trinajstić information content (AvgIpc) is 3.10. The van der Waals surface area contributed by atoms with E-state index in [4.69, 9.17) is 0 Å². The van der Waals surface area contributed by atoms with Crippen LogP contribution in [0.15, 0.2) is 66.5 Å². The Kier molecular flexibility index (Phi) is 6.09. The second-order valence-electron chi connectivity index (χ2n) is 6.58. The van der Waals surface area contributed by atoms with Gasteiger partial charge in [-0.25, -0.2) is 4.79 Å². The number of aromatic nitrogens is 1. The van der Waals surface area contributed by atoms with Gasteiger partial charge in [0.2, 0.25) is 5.91 Å². The number of carbonyl (C=O) groups is 3. The first-order valence-electron chi connectivity index (χ1n) is 9.07. The van der Waals surface area contributed by atoms with Crippen molar-refractivity contribution >= 4 is 34.8 Å². The third kappa shape index (κ3) is 5.10. The van der Waals surface area contributed by atoms with Crippen molar-refractivity contribution in [3.8, 4) is 0 Å². The van der Waals surface area contributed by atoms with E-state index in [0.29, 0.717) is 5.56 Å². The molecule has 0 saturated carbocycles. The lowest BCUT2D eigenvalue weighted by Crippen LogP contribution is -2.45. The van der Waals surface area contributed by atoms with E-state index in [1.165, 1.54) is 13.0 Å². The second kappa shape index (κ2) is 8.88. The Morgan fingerprint density at radius 3 is 2.45 bits per heavy atom. The van der Waals surface area contributed by atoms with Gasteiger partial charge in [0.1, 0.15) is 11.7 Å². The predicted octanol–water partition coefficient (Wildman–Crippen LogP) is 2.46. The van der Waals surface area contributed by atoms with Crippen molar-refractivity contribution in [1.82, 2.24) is 15.6 Å².